The highest BCUT2D eigenvalue weighted by Crippen LogP contribution is 2.16. The van der Waals surface area contributed by atoms with Crippen molar-refractivity contribution >= 4 is 21.8 Å². The Kier molecular flexibility index (Phi) is 5.20. The number of carbonyl (C=O) groups excluding carboxylic acids is 1. The third-order valence-electron chi connectivity index (χ3n) is 3.14. The normalized spacial score (nSPS) is 19.5. The Hall–Kier alpha value is -0.870. The van der Waals surface area contributed by atoms with Crippen molar-refractivity contribution in [2.45, 2.75) is 31.8 Å². The summed E-state index contributed by atoms with van der Waals surface area (Å²) in [6.07, 6.45) is 4.74. The molecule has 1 fully saturated rings. The number of hydrogen-bond acceptors (Lipinski definition) is 2. The molecule has 3 nitrogen and oxygen atoms in total. The van der Waals surface area contributed by atoms with Gasteiger partial charge in [-0.15, -0.1) is 0 Å². The maximum atomic E-state index is 11.9. The minimum absolute atomic E-state index is 0.0294. The molecule has 1 N–H and O–H groups in total. The van der Waals surface area contributed by atoms with E-state index in [1.54, 1.807) is 0 Å². The minimum Gasteiger partial charge on any atom is -0.378 e. The average molecular weight is 312 g/mol. The van der Waals surface area contributed by atoms with Crippen molar-refractivity contribution in [3.63, 3.8) is 0 Å². The lowest BCUT2D eigenvalue weighted by Gasteiger charge is -2.22. The molecule has 1 aliphatic rings. The average Bonchev–Trinajstić information content (AvgIpc) is 2.40. The molecule has 0 radical (unpaired) electrons. The largest absolute Gasteiger partial charge is 0.378 e. The third-order valence-corrected chi connectivity index (χ3v) is 3.84. The fourth-order valence-electron chi connectivity index (χ4n) is 2.12. The van der Waals surface area contributed by atoms with Crippen LogP contribution < -0.4 is 5.32 Å². The molecule has 0 aliphatic carbocycles. The Morgan fingerprint density at radius 1 is 1.39 bits per heavy atom. The van der Waals surface area contributed by atoms with Crippen LogP contribution in [-0.2, 0) is 4.74 Å². The van der Waals surface area contributed by atoms with Crippen LogP contribution >= 0.6 is 15.9 Å². The number of hydrogen-bond donors (Lipinski definition) is 1. The first-order valence-electron chi connectivity index (χ1n) is 6.41. The molecular formula is C14H18BrNO2. The van der Waals surface area contributed by atoms with E-state index in [1.807, 2.05) is 24.3 Å². The summed E-state index contributed by atoms with van der Waals surface area (Å²) in [7, 11) is 0. The molecule has 18 heavy (non-hydrogen) atoms. The van der Waals surface area contributed by atoms with Crippen LogP contribution in [-0.4, -0.2) is 25.2 Å². The van der Waals surface area contributed by atoms with E-state index < -0.39 is 0 Å². The van der Waals surface area contributed by atoms with E-state index in [4.69, 9.17) is 4.74 Å². The Labute approximate surface area is 116 Å². The van der Waals surface area contributed by atoms with Crippen LogP contribution in [0.4, 0.5) is 0 Å². The summed E-state index contributed by atoms with van der Waals surface area (Å²) >= 11 is 3.38. The van der Waals surface area contributed by atoms with E-state index >= 15 is 0 Å². The molecule has 1 unspecified atom stereocenters. The Balaban J connectivity index is 1.76. The van der Waals surface area contributed by atoms with Crippen molar-refractivity contribution < 1.29 is 9.53 Å². The van der Waals surface area contributed by atoms with Crippen molar-refractivity contribution in [2.24, 2.45) is 0 Å². The van der Waals surface area contributed by atoms with Crippen molar-refractivity contribution in [1.82, 2.24) is 5.32 Å². The Bertz CT molecular complexity index is 403. The molecule has 1 atom stereocenters. The third kappa shape index (κ3) is 3.82. The van der Waals surface area contributed by atoms with E-state index in [9.17, 15) is 4.79 Å². The molecule has 1 amide bonds. The summed E-state index contributed by atoms with van der Waals surface area (Å²) in [5.74, 6) is -0.0294. The summed E-state index contributed by atoms with van der Waals surface area (Å²) in [6.45, 7) is 1.54. The van der Waals surface area contributed by atoms with Gasteiger partial charge in [0.25, 0.3) is 5.91 Å². The highest BCUT2D eigenvalue weighted by Gasteiger charge is 2.14. The lowest BCUT2D eigenvalue weighted by molar-refractivity contribution is 0.0117. The Morgan fingerprint density at radius 3 is 2.94 bits per heavy atom. The molecule has 2 rings (SSSR count). The van der Waals surface area contributed by atoms with Crippen LogP contribution in [0.3, 0.4) is 0 Å². The molecule has 1 saturated heterocycles. The van der Waals surface area contributed by atoms with Gasteiger partial charge >= 0.3 is 0 Å². The van der Waals surface area contributed by atoms with Gasteiger partial charge in [-0.3, -0.25) is 4.79 Å². The second-order valence-corrected chi connectivity index (χ2v) is 5.37. The second kappa shape index (κ2) is 6.90. The molecular weight excluding hydrogens is 294 g/mol. The quantitative estimate of drug-likeness (QED) is 0.927. The van der Waals surface area contributed by atoms with Gasteiger partial charge in [-0.25, -0.2) is 0 Å². The molecule has 0 bridgehead atoms. The van der Waals surface area contributed by atoms with E-state index in [-0.39, 0.29) is 5.91 Å². The number of benzene rings is 1. The number of ether oxygens (including phenoxy) is 1. The van der Waals surface area contributed by atoms with Crippen molar-refractivity contribution in [3.8, 4) is 0 Å². The molecule has 0 saturated carbocycles. The van der Waals surface area contributed by atoms with Gasteiger partial charge in [0.2, 0.25) is 0 Å². The van der Waals surface area contributed by atoms with Crippen LogP contribution in [0, 0.1) is 0 Å². The molecule has 0 spiro atoms. The van der Waals surface area contributed by atoms with E-state index in [2.05, 4.69) is 21.2 Å². The SMILES string of the molecule is O=C(NCCC1CCCCO1)c1ccccc1Br. The van der Waals surface area contributed by atoms with Crippen molar-refractivity contribution in [3.05, 3.63) is 34.3 Å². The fourth-order valence-corrected chi connectivity index (χ4v) is 2.59. The van der Waals surface area contributed by atoms with Crippen LogP contribution in [0.15, 0.2) is 28.7 Å². The van der Waals surface area contributed by atoms with Gasteiger partial charge in [0, 0.05) is 17.6 Å². The van der Waals surface area contributed by atoms with Crippen LogP contribution in [0.2, 0.25) is 0 Å². The van der Waals surface area contributed by atoms with Gasteiger partial charge in [-0.05, 0) is 53.7 Å². The fraction of sp³-hybridized carbons (Fsp3) is 0.500. The minimum atomic E-state index is -0.0294. The van der Waals surface area contributed by atoms with Gasteiger partial charge < -0.3 is 10.1 Å². The van der Waals surface area contributed by atoms with Crippen molar-refractivity contribution in [2.75, 3.05) is 13.2 Å². The molecule has 1 aromatic rings. The monoisotopic (exact) mass is 311 g/mol. The van der Waals surface area contributed by atoms with Gasteiger partial charge in [-0.1, -0.05) is 12.1 Å². The Morgan fingerprint density at radius 2 is 2.22 bits per heavy atom. The van der Waals surface area contributed by atoms with Crippen LogP contribution in [0.5, 0.6) is 0 Å². The predicted octanol–water partition coefficient (Wildman–Crippen LogP) is 3.14. The van der Waals surface area contributed by atoms with E-state index in [0.717, 1.165) is 23.9 Å². The first-order valence-corrected chi connectivity index (χ1v) is 7.21. The number of rotatable bonds is 4. The van der Waals surface area contributed by atoms with Gasteiger partial charge in [0.05, 0.1) is 11.7 Å². The molecule has 98 valence electrons. The number of nitrogens with one attached hydrogen (secondary N) is 1. The molecule has 1 aliphatic heterocycles. The lowest BCUT2D eigenvalue weighted by Crippen LogP contribution is -2.29. The van der Waals surface area contributed by atoms with Gasteiger partial charge in [-0.2, -0.15) is 0 Å². The zero-order valence-electron chi connectivity index (χ0n) is 10.3. The molecule has 4 heteroatoms. The van der Waals surface area contributed by atoms with E-state index in [1.165, 1.54) is 12.8 Å². The van der Waals surface area contributed by atoms with Crippen LogP contribution in [0.25, 0.3) is 0 Å². The predicted molar refractivity (Wildman–Crippen MR) is 74.7 cm³/mol. The van der Waals surface area contributed by atoms with E-state index in [0.29, 0.717) is 18.2 Å². The molecule has 1 aromatic carbocycles. The first kappa shape index (κ1) is 13.6. The topological polar surface area (TPSA) is 38.3 Å². The lowest BCUT2D eigenvalue weighted by atomic mass is 10.1. The zero-order valence-corrected chi connectivity index (χ0v) is 11.9. The summed E-state index contributed by atoms with van der Waals surface area (Å²) < 4.78 is 6.46. The second-order valence-electron chi connectivity index (χ2n) is 4.51. The highest BCUT2D eigenvalue weighted by atomic mass is 79.9. The molecule has 1 heterocycles. The summed E-state index contributed by atoms with van der Waals surface area (Å²) in [6, 6.07) is 7.45. The maximum Gasteiger partial charge on any atom is 0.252 e. The maximum absolute atomic E-state index is 11.9. The highest BCUT2D eigenvalue weighted by molar-refractivity contribution is 9.10. The summed E-state index contributed by atoms with van der Waals surface area (Å²) in [5.41, 5.74) is 0.682. The molecule has 0 aromatic heterocycles. The van der Waals surface area contributed by atoms with Crippen LogP contribution in [0.1, 0.15) is 36.0 Å². The smallest absolute Gasteiger partial charge is 0.252 e. The first-order chi connectivity index (χ1) is 8.77. The number of halogens is 1. The zero-order chi connectivity index (χ0) is 12.8. The standard InChI is InChI=1S/C14H18BrNO2/c15-13-7-2-1-6-12(13)14(17)16-9-8-11-5-3-4-10-18-11/h1-2,6-7,11H,3-5,8-10H2,(H,16,17). The van der Waals surface area contributed by atoms with Gasteiger partial charge in [0.1, 0.15) is 0 Å². The summed E-state index contributed by atoms with van der Waals surface area (Å²) in [4.78, 5) is 11.9. The van der Waals surface area contributed by atoms with Crippen molar-refractivity contribution in [1.29, 1.82) is 0 Å². The van der Waals surface area contributed by atoms with Gasteiger partial charge in [0.15, 0.2) is 0 Å². The number of amides is 1. The summed E-state index contributed by atoms with van der Waals surface area (Å²) in [5, 5.41) is 2.94. The number of carbonyl (C=O) groups is 1.